The third-order valence-electron chi connectivity index (χ3n) is 5.85. The van der Waals surface area contributed by atoms with Crippen molar-refractivity contribution in [3.8, 4) is 0 Å². The van der Waals surface area contributed by atoms with E-state index in [0.29, 0.717) is 19.0 Å². The fourth-order valence-corrected chi connectivity index (χ4v) is 4.50. The molecule has 162 valence electrons. The van der Waals surface area contributed by atoms with Gasteiger partial charge in [0.2, 0.25) is 11.8 Å². The van der Waals surface area contributed by atoms with Crippen molar-refractivity contribution in [2.75, 3.05) is 38.0 Å². The lowest BCUT2D eigenvalue weighted by atomic mass is 9.97. The minimum atomic E-state index is -0.0218. The second-order valence-corrected chi connectivity index (χ2v) is 8.46. The summed E-state index contributed by atoms with van der Waals surface area (Å²) in [5, 5.41) is 9.44. The first kappa shape index (κ1) is 23.6. The summed E-state index contributed by atoms with van der Waals surface area (Å²) in [6.45, 7) is 9.98. The summed E-state index contributed by atoms with van der Waals surface area (Å²) in [5.74, 6) is 0.572. The summed E-state index contributed by atoms with van der Waals surface area (Å²) in [5.41, 5.74) is 4.35. The highest BCUT2D eigenvalue weighted by molar-refractivity contribution is 5.93. The van der Waals surface area contributed by atoms with Gasteiger partial charge in [-0.3, -0.25) is 14.5 Å². The van der Waals surface area contributed by atoms with E-state index in [1.807, 2.05) is 13.8 Å². The lowest BCUT2D eigenvalue weighted by Gasteiger charge is -2.32. The molecule has 1 aromatic carbocycles. The summed E-state index contributed by atoms with van der Waals surface area (Å²) in [7, 11) is 0. The lowest BCUT2D eigenvalue weighted by Crippen LogP contribution is -2.46. The number of hydrogen-bond acceptors (Lipinski definition) is 4. The van der Waals surface area contributed by atoms with Crippen molar-refractivity contribution in [3.63, 3.8) is 0 Å². The first-order chi connectivity index (χ1) is 13.4. The van der Waals surface area contributed by atoms with Crippen LogP contribution in [0.15, 0.2) is 12.1 Å². The Kier molecular flexibility index (Phi) is 8.93. The van der Waals surface area contributed by atoms with Gasteiger partial charge in [0.05, 0.1) is 12.6 Å². The van der Waals surface area contributed by atoms with Crippen molar-refractivity contribution in [1.82, 2.24) is 15.5 Å². The van der Waals surface area contributed by atoms with Gasteiger partial charge in [-0.15, -0.1) is 12.4 Å². The largest absolute Gasteiger partial charge is 0.354 e. The maximum absolute atomic E-state index is 12.6. The number of piperidine rings is 1. The molecule has 0 aromatic heterocycles. The third-order valence-corrected chi connectivity index (χ3v) is 5.85. The molecule has 0 radical (unpaired) electrons. The maximum atomic E-state index is 12.6. The van der Waals surface area contributed by atoms with Crippen LogP contribution in [0.25, 0.3) is 0 Å². The van der Waals surface area contributed by atoms with Crippen molar-refractivity contribution in [1.29, 1.82) is 0 Å². The Morgan fingerprint density at radius 1 is 1.14 bits per heavy atom. The van der Waals surface area contributed by atoms with E-state index < -0.39 is 0 Å². The van der Waals surface area contributed by atoms with Crippen LogP contribution in [0.5, 0.6) is 0 Å². The number of aryl methyl sites for hydroxylation is 3. The van der Waals surface area contributed by atoms with Crippen LogP contribution in [0.4, 0.5) is 5.69 Å². The number of rotatable bonds is 6. The SMILES string of the molecule is Cc1cc(C)c(NC(=O)CN2CCCC(CNC(=O)C3CCCN3)C2)c(C)c1.Cl. The zero-order chi connectivity index (χ0) is 20.1. The summed E-state index contributed by atoms with van der Waals surface area (Å²) in [6.07, 6.45) is 4.18. The number of carbonyl (C=O) groups excluding carboxylic acids is 2. The van der Waals surface area contributed by atoms with E-state index in [1.54, 1.807) is 0 Å². The predicted molar refractivity (Wildman–Crippen MR) is 120 cm³/mol. The van der Waals surface area contributed by atoms with Crippen molar-refractivity contribution < 1.29 is 9.59 Å². The highest BCUT2D eigenvalue weighted by Gasteiger charge is 2.25. The Morgan fingerprint density at radius 2 is 1.86 bits per heavy atom. The topological polar surface area (TPSA) is 73.5 Å². The molecule has 3 N–H and O–H groups in total. The molecule has 1 aromatic rings. The van der Waals surface area contributed by atoms with Gasteiger partial charge < -0.3 is 16.0 Å². The fraction of sp³-hybridized carbons (Fsp3) is 0.636. The van der Waals surface area contributed by atoms with Crippen LogP contribution < -0.4 is 16.0 Å². The minimum Gasteiger partial charge on any atom is -0.354 e. The van der Waals surface area contributed by atoms with Crippen molar-refractivity contribution in [2.45, 2.75) is 52.5 Å². The zero-order valence-electron chi connectivity index (χ0n) is 17.8. The van der Waals surface area contributed by atoms with Gasteiger partial charge >= 0.3 is 0 Å². The number of amides is 2. The second-order valence-electron chi connectivity index (χ2n) is 8.46. The summed E-state index contributed by atoms with van der Waals surface area (Å²) < 4.78 is 0. The molecule has 2 aliphatic rings. The van der Waals surface area contributed by atoms with Gasteiger partial charge in [-0.05, 0) is 76.6 Å². The van der Waals surface area contributed by atoms with Crippen LogP contribution in [-0.4, -0.2) is 55.5 Å². The van der Waals surface area contributed by atoms with Crippen molar-refractivity contribution in [2.24, 2.45) is 5.92 Å². The molecule has 2 amide bonds. The van der Waals surface area contributed by atoms with Gasteiger partial charge in [0, 0.05) is 18.8 Å². The third kappa shape index (κ3) is 6.69. The van der Waals surface area contributed by atoms with Crippen LogP contribution >= 0.6 is 12.4 Å². The van der Waals surface area contributed by atoms with Gasteiger partial charge in [-0.25, -0.2) is 0 Å². The van der Waals surface area contributed by atoms with Gasteiger partial charge in [0.25, 0.3) is 0 Å². The number of nitrogens with zero attached hydrogens (tertiary/aromatic N) is 1. The normalized spacial score (nSPS) is 22.0. The number of nitrogens with one attached hydrogen (secondary N) is 3. The van der Waals surface area contributed by atoms with Crippen LogP contribution in [0.1, 0.15) is 42.4 Å². The number of carbonyl (C=O) groups is 2. The smallest absolute Gasteiger partial charge is 0.238 e. The van der Waals surface area contributed by atoms with Gasteiger partial charge in [-0.1, -0.05) is 17.7 Å². The summed E-state index contributed by atoms with van der Waals surface area (Å²) >= 11 is 0. The maximum Gasteiger partial charge on any atom is 0.238 e. The summed E-state index contributed by atoms with van der Waals surface area (Å²) in [6, 6.07) is 4.18. The highest BCUT2D eigenvalue weighted by atomic mass is 35.5. The van der Waals surface area contributed by atoms with Crippen LogP contribution in [0.3, 0.4) is 0 Å². The Labute approximate surface area is 180 Å². The molecule has 0 spiro atoms. The molecule has 2 heterocycles. The molecule has 2 atom stereocenters. The molecule has 0 bridgehead atoms. The van der Waals surface area contributed by atoms with Gasteiger partial charge in [0.1, 0.15) is 0 Å². The van der Waals surface area contributed by atoms with Crippen LogP contribution in [0, 0.1) is 26.7 Å². The molecule has 29 heavy (non-hydrogen) atoms. The van der Waals surface area contributed by atoms with Crippen molar-refractivity contribution >= 4 is 29.9 Å². The number of likely N-dealkylation sites (tertiary alicyclic amines) is 1. The first-order valence-electron chi connectivity index (χ1n) is 10.5. The lowest BCUT2D eigenvalue weighted by molar-refractivity contribution is -0.123. The summed E-state index contributed by atoms with van der Waals surface area (Å²) in [4.78, 5) is 27.0. The molecule has 2 unspecified atom stereocenters. The van der Waals surface area contributed by atoms with Crippen molar-refractivity contribution in [3.05, 3.63) is 28.8 Å². The second kappa shape index (κ2) is 11.0. The predicted octanol–water partition coefficient (Wildman–Crippen LogP) is 2.55. The highest BCUT2D eigenvalue weighted by Crippen LogP contribution is 2.22. The molecule has 3 rings (SSSR count). The van der Waals surface area contributed by atoms with Gasteiger partial charge in [0.15, 0.2) is 0 Å². The molecule has 0 saturated carbocycles. The van der Waals surface area contributed by atoms with E-state index in [-0.39, 0.29) is 30.3 Å². The average molecular weight is 423 g/mol. The monoisotopic (exact) mass is 422 g/mol. The van der Waals surface area contributed by atoms with E-state index in [2.05, 4.69) is 39.9 Å². The minimum absolute atomic E-state index is 0. The molecule has 2 fully saturated rings. The number of anilines is 1. The Morgan fingerprint density at radius 3 is 2.52 bits per heavy atom. The average Bonchev–Trinajstić information content (AvgIpc) is 3.18. The van der Waals surface area contributed by atoms with Crippen LogP contribution in [0.2, 0.25) is 0 Å². The number of hydrogen-bond donors (Lipinski definition) is 3. The quantitative estimate of drug-likeness (QED) is 0.658. The Hall–Kier alpha value is -1.63. The van der Waals surface area contributed by atoms with E-state index >= 15 is 0 Å². The molecular weight excluding hydrogens is 388 g/mol. The molecule has 7 heteroatoms. The van der Waals surface area contributed by atoms with Crippen LogP contribution in [-0.2, 0) is 9.59 Å². The van der Waals surface area contributed by atoms with E-state index in [9.17, 15) is 9.59 Å². The fourth-order valence-electron chi connectivity index (χ4n) is 4.50. The molecule has 2 saturated heterocycles. The molecular formula is C22H35ClN4O2. The van der Waals surface area contributed by atoms with E-state index in [4.69, 9.17) is 0 Å². The molecule has 2 aliphatic heterocycles. The standard InChI is InChI=1S/C22H34N4O2.ClH/c1-15-10-16(2)21(17(3)11-15)25-20(27)14-26-9-5-6-18(13-26)12-24-22(28)19-7-4-8-23-19;/h10-11,18-19,23H,4-9,12-14H2,1-3H3,(H,24,28)(H,25,27);1H. The Bertz CT molecular complexity index is 696. The number of benzene rings is 1. The molecule has 6 nitrogen and oxygen atoms in total. The zero-order valence-corrected chi connectivity index (χ0v) is 18.7. The number of halogens is 1. The first-order valence-corrected chi connectivity index (χ1v) is 10.5. The Balaban J connectivity index is 0.00000300. The van der Waals surface area contributed by atoms with E-state index in [0.717, 1.165) is 62.1 Å². The molecule has 0 aliphatic carbocycles. The van der Waals surface area contributed by atoms with Gasteiger partial charge in [-0.2, -0.15) is 0 Å². The van der Waals surface area contributed by atoms with E-state index in [1.165, 1.54) is 5.56 Å².